The molecular formula is C7H10O5. The first kappa shape index (κ1) is 8.99. The summed E-state index contributed by atoms with van der Waals surface area (Å²) in [6, 6.07) is 0. The number of carboxylic acids is 1. The summed E-state index contributed by atoms with van der Waals surface area (Å²) in [6.07, 6.45) is -0.760. The van der Waals surface area contributed by atoms with E-state index in [-0.39, 0.29) is 0 Å². The SMILES string of the molecule is COC(=O)[C@@H]1CC[C@@H](C(=O)O)O1. The van der Waals surface area contributed by atoms with Gasteiger partial charge in [0, 0.05) is 0 Å². The van der Waals surface area contributed by atoms with Gasteiger partial charge in [-0.05, 0) is 12.8 Å². The minimum atomic E-state index is -1.03. The van der Waals surface area contributed by atoms with Crippen LogP contribution in [0.1, 0.15) is 12.8 Å². The molecule has 0 aromatic rings. The van der Waals surface area contributed by atoms with Crippen LogP contribution < -0.4 is 0 Å². The van der Waals surface area contributed by atoms with Crippen molar-refractivity contribution in [1.29, 1.82) is 0 Å². The van der Waals surface area contributed by atoms with Crippen molar-refractivity contribution in [2.75, 3.05) is 7.11 Å². The molecule has 0 aromatic heterocycles. The molecule has 0 aliphatic carbocycles. The van der Waals surface area contributed by atoms with Crippen molar-refractivity contribution >= 4 is 11.9 Å². The van der Waals surface area contributed by atoms with Crippen molar-refractivity contribution in [3.8, 4) is 0 Å². The first-order valence-corrected chi connectivity index (χ1v) is 3.61. The van der Waals surface area contributed by atoms with Gasteiger partial charge < -0.3 is 14.6 Å². The van der Waals surface area contributed by atoms with Gasteiger partial charge >= 0.3 is 11.9 Å². The summed E-state index contributed by atoms with van der Waals surface area (Å²) in [5, 5.41) is 8.51. The van der Waals surface area contributed by atoms with E-state index < -0.39 is 24.1 Å². The second-order valence-corrected chi connectivity index (χ2v) is 2.55. The average molecular weight is 174 g/mol. The van der Waals surface area contributed by atoms with Gasteiger partial charge in [-0.2, -0.15) is 0 Å². The molecule has 1 fully saturated rings. The van der Waals surface area contributed by atoms with Gasteiger partial charge in [0.25, 0.3) is 0 Å². The van der Waals surface area contributed by atoms with E-state index >= 15 is 0 Å². The van der Waals surface area contributed by atoms with Gasteiger partial charge in [0.15, 0.2) is 12.2 Å². The van der Waals surface area contributed by atoms with Crippen LogP contribution in [0.25, 0.3) is 0 Å². The number of aliphatic carboxylic acids is 1. The molecule has 0 spiro atoms. The highest BCUT2D eigenvalue weighted by molar-refractivity contribution is 5.78. The molecule has 1 aliphatic heterocycles. The summed E-state index contributed by atoms with van der Waals surface area (Å²) in [7, 11) is 1.25. The van der Waals surface area contributed by atoms with Crippen LogP contribution in [0.4, 0.5) is 0 Å². The smallest absolute Gasteiger partial charge is 0.335 e. The summed E-state index contributed by atoms with van der Waals surface area (Å²) in [5.41, 5.74) is 0. The zero-order valence-electron chi connectivity index (χ0n) is 6.65. The monoisotopic (exact) mass is 174 g/mol. The summed E-state index contributed by atoms with van der Waals surface area (Å²) in [6.45, 7) is 0. The Morgan fingerprint density at radius 2 is 2.00 bits per heavy atom. The number of carboxylic acid groups (broad SMARTS) is 1. The van der Waals surface area contributed by atoms with E-state index in [1.807, 2.05) is 0 Å². The third-order valence-electron chi connectivity index (χ3n) is 1.76. The summed E-state index contributed by atoms with van der Waals surface area (Å²) in [4.78, 5) is 21.2. The van der Waals surface area contributed by atoms with E-state index in [2.05, 4.69) is 4.74 Å². The maximum Gasteiger partial charge on any atom is 0.335 e. The first-order valence-electron chi connectivity index (χ1n) is 3.61. The Kier molecular flexibility index (Phi) is 2.65. The standard InChI is InChI=1S/C7H10O5/c1-11-7(10)5-3-2-4(12-5)6(8)9/h4-5H,2-3H2,1H3,(H,8,9)/t4-,5-/m0/s1. The van der Waals surface area contributed by atoms with Crippen molar-refractivity contribution in [2.24, 2.45) is 0 Å². The van der Waals surface area contributed by atoms with Gasteiger partial charge in [-0.1, -0.05) is 0 Å². The Morgan fingerprint density at radius 1 is 1.42 bits per heavy atom. The lowest BCUT2D eigenvalue weighted by Crippen LogP contribution is -2.25. The molecule has 0 amide bonds. The number of rotatable bonds is 2. The number of esters is 1. The molecule has 0 radical (unpaired) electrons. The molecule has 1 rings (SSSR count). The summed E-state index contributed by atoms with van der Waals surface area (Å²) < 4.78 is 9.31. The van der Waals surface area contributed by atoms with E-state index in [0.29, 0.717) is 12.8 Å². The van der Waals surface area contributed by atoms with Crippen LogP contribution in [0.15, 0.2) is 0 Å². The molecule has 5 heteroatoms. The normalized spacial score (nSPS) is 28.4. The van der Waals surface area contributed by atoms with Crippen LogP contribution in [-0.4, -0.2) is 36.4 Å². The second-order valence-electron chi connectivity index (χ2n) is 2.55. The third kappa shape index (κ3) is 1.73. The Labute approximate surface area is 69.3 Å². The van der Waals surface area contributed by atoms with Gasteiger partial charge in [0.1, 0.15) is 0 Å². The van der Waals surface area contributed by atoms with E-state index in [0.717, 1.165) is 0 Å². The van der Waals surface area contributed by atoms with Crippen LogP contribution in [-0.2, 0) is 19.1 Å². The van der Waals surface area contributed by atoms with Crippen molar-refractivity contribution in [1.82, 2.24) is 0 Å². The molecule has 0 saturated carbocycles. The zero-order valence-corrected chi connectivity index (χ0v) is 6.65. The molecule has 12 heavy (non-hydrogen) atoms. The number of hydrogen-bond donors (Lipinski definition) is 1. The third-order valence-corrected chi connectivity index (χ3v) is 1.76. The molecule has 2 atom stereocenters. The molecule has 0 aromatic carbocycles. The van der Waals surface area contributed by atoms with Gasteiger partial charge in [0.2, 0.25) is 0 Å². The second kappa shape index (κ2) is 3.53. The van der Waals surface area contributed by atoms with Crippen LogP contribution in [0, 0.1) is 0 Å². The number of carbonyl (C=O) groups excluding carboxylic acids is 1. The van der Waals surface area contributed by atoms with Crippen molar-refractivity contribution < 1.29 is 24.2 Å². The van der Waals surface area contributed by atoms with Gasteiger partial charge in [-0.3, -0.25) is 0 Å². The van der Waals surface area contributed by atoms with E-state index in [1.165, 1.54) is 7.11 Å². The molecule has 1 heterocycles. The highest BCUT2D eigenvalue weighted by Gasteiger charge is 2.35. The summed E-state index contributed by atoms with van der Waals surface area (Å²) in [5.74, 6) is -1.53. The maximum atomic E-state index is 10.8. The average Bonchev–Trinajstić information content (AvgIpc) is 2.51. The Morgan fingerprint density at radius 3 is 2.42 bits per heavy atom. The van der Waals surface area contributed by atoms with Crippen LogP contribution in [0.2, 0.25) is 0 Å². The van der Waals surface area contributed by atoms with Crippen LogP contribution in [0.3, 0.4) is 0 Å². The van der Waals surface area contributed by atoms with E-state index in [4.69, 9.17) is 9.84 Å². The molecule has 68 valence electrons. The van der Waals surface area contributed by atoms with E-state index in [1.54, 1.807) is 0 Å². The molecule has 1 saturated heterocycles. The lowest BCUT2D eigenvalue weighted by molar-refractivity contribution is -0.159. The van der Waals surface area contributed by atoms with Crippen molar-refractivity contribution in [2.45, 2.75) is 25.0 Å². The first-order chi connectivity index (χ1) is 5.65. The van der Waals surface area contributed by atoms with Crippen molar-refractivity contribution in [3.63, 3.8) is 0 Å². The zero-order chi connectivity index (χ0) is 9.14. The van der Waals surface area contributed by atoms with Crippen LogP contribution >= 0.6 is 0 Å². The Balaban J connectivity index is 2.45. The topological polar surface area (TPSA) is 72.8 Å². The predicted molar refractivity (Wildman–Crippen MR) is 37.5 cm³/mol. The predicted octanol–water partition coefficient (Wildman–Crippen LogP) is -0.208. The number of carbonyl (C=O) groups is 2. The molecule has 1 N–H and O–H groups in total. The lowest BCUT2D eigenvalue weighted by Gasteiger charge is -2.07. The maximum absolute atomic E-state index is 10.8. The highest BCUT2D eigenvalue weighted by Crippen LogP contribution is 2.20. The fourth-order valence-corrected chi connectivity index (χ4v) is 1.12. The molecular weight excluding hydrogens is 164 g/mol. The van der Waals surface area contributed by atoms with E-state index in [9.17, 15) is 9.59 Å². The highest BCUT2D eigenvalue weighted by atomic mass is 16.6. The number of ether oxygens (including phenoxy) is 2. The molecule has 5 nitrogen and oxygen atoms in total. The number of methoxy groups -OCH3 is 1. The largest absolute Gasteiger partial charge is 0.479 e. The molecule has 0 bridgehead atoms. The quantitative estimate of drug-likeness (QED) is 0.586. The lowest BCUT2D eigenvalue weighted by atomic mass is 10.2. The van der Waals surface area contributed by atoms with Crippen molar-refractivity contribution in [3.05, 3.63) is 0 Å². The van der Waals surface area contributed by atoms with Gasteiger partial charge in [0.05, 0.1) is 7.11 Å². The Hall–Kier alpha value is -1.10. The molecule has 0 unspecified atom stereocenters. The van der Waals surface area contributed by atoms with Crippen LogP contribution in [0.5, 0.6) is 0 Å². The fraction of sp³-hybridized carbons (Fsp3) is 0.714. The minimum absolute atomic E-state index is 0.370. The molecule has 1 aliphatic rings. The van der Waals surface area contributed by atoms with Gasteiger partial charge in [-0.15, -0.1) is 0 Å². The minimum Gasteiger partial charge on any atom is -0.479 e. The number of hydrogen-bond acceptors (Lipinski definition) is 4. The Bertz CT molecular complexity index is 200. The fourth-order valence-electron chi connectivity index (χ4n) is 1.12. The summed E-state index contributed by atoms with van der Waals surface area (Å²) >= 11 is 0. The van der Waals surface area contributed by atoms with Gasteiger partial charge in [-0.25, -0.2) is 9.59 Å².